The van der Waals surface area contributed by atoms with Crippen LogP contribution in [0, 0.1) is 15.3 Å². The molecule has 0 spiro atoms. The number of pyridine rings is 1. The standard InChI is InChI=1S/C11H14FIN2O/c1-11(16,7-2-3-7)6-15-10-9(12)4-8(13)5-14-10/h4-5,7,16H,2-3,6H2,1H3,(H,14,15). The second-order valence-corrected chi connectivity index (χ2v) is 5.71. The summed E-state index contributed by atoms with van der Waals surface area (Å²) in [6.45, 7) is 2.12. The topological polar surface area (TPSA) is 45.1 Å². The van der Waals surface area contributed by atoms with Gasteiger partial charge in [-0.15, -0.1) is 0 Å². The molecule has 0 bridgehead atoms. The number of aliphatic hydroxyl groups is 1. The van der Waals surface area contributed by atoms with Gasteiger partial charge in [-0.3, -0.25) is 0 Å². The highest BCUT2D eigenvalue weighted by molar-refractivity contribution is 14.1. The number of anilines is 1. The van der Waals surface area contributed by atoms with Gasteiger partial charge in [0.05, 0.1) is 5.60 Å². The molecule has 1 aliphatic rings. The lowest BCUT2D eigenvalue weighted by Crippen LogP contribution is -2.36. The van der Waals surface area contributed by atoms with Crippen LogP contribution < -0.4 is 5.32 Å². The van der Waals surface area contributed by atoms with Crippen molar-refractivity contribution >= 4 is 28.4 Å². The van der Waals surface area contributed by atoms with E-state index in [-0.39, 0.29) is 11.6 Å². The van der Waals surface area contributed by atoms with E-state index in [0.29, 0.717) is 12.5 Å². The second kappa shape index (κ2) is 4.44. The third kappa shape index (κ3) is 2.82. The highest BCUT2D eigenvalue weighted by atomic mass is 127. The molecule has 1 heterocycles. The Balaban J connectivity index is 1.98. The van der Waals surface area contributed by atoms with Crippen molar-refractivity contribution in [3.63, 3.8) is 0 Å². The van der Waals surface area contributed by atoms with Crippen LogP contribution in [-0.2, 0) is 0 Å². The van der Waals surface area contributed by atoms with Crippen molar-refractivity contribution in [2.75, 3.05) is 11.9 Å². The van der Waals surface area contributed by atoms with E-state index in [1.54, 1.807) is 13.1 Å². The van der Waals surface area contributed by atoms with Gasteiger partial charge in [-0.05, 0) is 54.3 Å². The molecule has 16 heavy (non-hydrogen) atoms. The van der Waals surface area contributed by atoms with Gasteiger partial charge in [0.1, 0.15) is 0 Å². The fourth-order valence-electron chi connectivity index (χ4n) is 1.66. The summed E-state index contributed by atoms with van der Waals surface area (Å²) in [5.41, 5.74) is -0.767. The molecule has 0 amide bonds. The molecule has 0 aromatic carbocycles. The lowest BCUT2D eigenvalue weighted by Gasteiger charge is -2.23. The molecule has 1 saturated carbocycles. The van der Waals surface area contributed by atoms with Gasteiger partial charge >= 0.3 is 0 Å². The average molecular weight is 336 g/mol. The summed E-state index contributed by atoms with van der Waals surface area (Å²) in [6.07, 6.45) is 3.70. The molecular formula is C11H14FIN2O. The Bertz CT molecular complexity index is 394. The maximum atomic E-state index is 13.4. The van der Waals surface area contributed by atoms with Crippen molar-refractivity contribution in [2.45, 2.75) is 25.4 Å². The highest BCUT2D eigenvalue weighted by Gasteiger charge is 2.39. The summed E-state index contributed by atoms with van der Waals surface area (Å²) in [4.78, 5) is 3.96. The Kier molecular flexibility index (Phi) is 3.34. The van der Waals surface area contributed by atoms with E-state index >= 15 is 0 Å². The number of hydrogen-bond acceptors (Lipinski definition) is 3. The van der Waals surface area contributed by atoms with Gasteiger partial charge in [0.2, 0.25) is 0 Å². The number of halogens is 2. The van der Waals surface area contributed by atoms with Crippen molar-refractivity contribution in [3.8, 4) is 0 Å². The van der Waals surface area contributed by atoms with Crippen molar-refractivity contribution < 1.29 is 9.50 Å². The zero-order valence-corrected chi connectivity index (χ0v) is 11.2. The Morgan fingerprint density at radius 1 is 1.69 bits per heavy atom. The molecule has 0 radical (unpaired) electrons. The maximum Gasteiger partial charge on any atom is 0.166 e. The van der Waals surface area contributed by atoms with Gasteiger partial charge in [0.15, 0.2) is 11.6 Å². The van der Waals surface area contributed by atoms with Crippen LogP contribution in [0.1, 0.15) is 19.8 Å². The molecule has 2 rings (SSSR count). The maximum absolute atomic E-state index is 13.4. The molecule has 1 aromatic rings. The summed E-state index contributed by atoms with van der Waals surface area (Å²) in [5, 5.41) is 12.9. The normalized spacial score (nSPS) is 19.2. The zero-order chi connectivity index (χ0) is 11.8. The number of aromatic nitrogens is 1. The molecule has 1 atom stereocenters. The molecule has 5 heteroatoms. The van der Waals surface area contributed by atoms with E-state index in [4.69, 9.17) is 0 Å². The van der Waals surface area contributed by atoms with Crippen LogP contribution in [0.3, 0.4) is 0 Å². The zero-order valence-electron chi connectivity index (χ0n) is 9.00. The number of nitrogens with one attached hydrogen (secondary N) is 1. The minimum atomic E-state index is -0.767. The second-order valence-electron chi connectivity index (χ2n) is 4.47. The molecule has 88 valence electrons. The number of rotatable bonds is 4. The third-order valence-corrected chi connectivity index (χ3v) is 3.47. The minimum Gasteiger partial charge on any atom is -0.388 e. The largest absolute Gasteiger partial charge is 0.388 e. The van der Waals surface area contributed by atoms with Crippen molar-refractivity contribution in [3.05, 3.63) is 21.7 Å². The Morgan fingerprint density at radius 3 is 2.94 bits per heavy atom. The fraction of sp³-hybridized carbons (Fsp3) is 0.545. The van der Waals surface area contributed by atoms with Gasteiger partial charge in [-0.2, -0.15) is 0 Å². The molecule has 0 aliphatic heterocycles. The van der Waals surface area contributed by atoms with Crippen molar-refractivity contribution in [1.82, 2.24) is 4.98 Å². The summed E-state index contributed by atoms with van der Waals surface area (Å²) in [6, 6.07) is 1.42. The van der Waals surface area contributed by atoms with Gasteiger partial charge < -0.3 is 10.4 Å². The highest BCUT2D eigenvalue weighted by Crippen LogP contribution is 2.39. The minimum absolute atomic E-state index is 0.210. The first-order valence-corrected chi connectivity index (χ1v) is 6.34. The monoisotopic (exact) mass is 336 g/mol. The van der Waals surface area contributed by atoms with Crippen LogP contribution >= 0.6 is 22.6 Å². The lowest BCUT2D eigenvalue weighted by atomic mass is 10.0. The van der Waals surface area contributed by atoms with E-state index in [2.05, 4.69) is 10.3 Å². The third-order valence-electron chi connectivity index (χ3n) is 2.88. The van der Waals surface area contributed by atoms with Crippen LogP contribution in [0.5, 0.6) is 0 Å². The van der Waals surface area contributed by atoms with Gasteiger partial charge in [0, 0.05) is 16.3 Å². The van der Waals surface area contributed by atoms with Crippen LogP contribution in [0.25, 0.3) is 0 Å². The lowest BCUT2D eigenvalue weighted by molar-refractivity contribution is 0.0502. The van der Waals surface area contributed by atoms with Gasteiger partial charge in [-0.25, -0.2) is 9.37 Å². The van der Waals surface area contributed by atoms with Crippen LogP contribution in [-0.4, -0.2) is 22.2 Å². The molecule has 1 aliphatic carbocycles. The predicted molar refractivity (Wildman–Crippen MR) is 68.7 cm³/mol. The quantitative estimate of drug-likeness (QED) is 0.830. The predicted octanol–water partition coefficient (Wildman–Crippen LogP) is 2.40. The summed E-state index contributed by atoms with van der Waals surface area (Å²) < 4.78 is 14.2. The van der Waals surface area contributed by atoms with Crippen LogP contribution in [0.4, 0.5) is 10.2 Å². The molecular weight excluding hydrogens is 322 g/mol. The molecule has 2 N–H and O–H groups in total. The first kappa shape index (κ1) is 12.0. The van der Waals surface area contributed by atoms with E-state index < -0.39 is 5.60 Å². The molecule has 0 saturated heterocycles. The summed E-state index contributed by atoms with van der Waals surface area (Å²) in [5.74, 6) is 0.173. The summed E-state index contributed by atoms with van der Waals surface area (Å²) >= 11 is 2.01. The first-order chi connectivity index (χ1) is 7.49. The number of hydrogen-bond donors (Lipinski definition) is 2. The van der Waals surface area contributed by atoms with Crippen LogP contribution in [0.2, 0.25) is 0 Å². The first-order valence-electron chi connectivity index (χ1n) is 5.26. The van der Waals surface area contributed by atoms with E-state index in [0.717, 1.165) is 16.4 Å². The molecule has 1 fully saturated rings. The SMILES string of the molecule is CC(O)(CNc1ncc(I)cc1F)C1CC1. The summed E-state index contributed by atoms with van der Waals surface area (Å²) in [7, 11) is 0. The Hall–Kier alpha value is -0.430. The number of nitrogens with zero attached hydrogens (tertiary/aromatic N) is 1. The Morgan fingerprint density at radius 2 is 2.38 bits per heavy atom. The van der Waals surface area contributed by atoms with E-state index in [9.17, 15) is 9.50 Å². The fourth-order valence-corrected chi connectivity index (χ4v) is 2.07. The molecule has 1 aromatic heterocycles. The smallest absolute Gasteiger partial charge is 0.166 e. The van der Waals surface area contributed by atoms with Crippen molar-refractivity contribution in [1.29, 1.82) is 0 Å². The van der Waals surface area contributed by atoms with Crippen LogP contribution in [0.15, 0.2) is 12.3 Å². The average Bonchev–Trinajstić information content (AvgIpc) is 2.99. The van der Waals surface area contributed by atoms with Gasteiger partial charge in [0.25, 0.3) is 0 Å². The molecule has 3 nitrogen and oxygen atoms in total. The van der Waals surface area contributed by atoms with Gasteiger partial charge in [-0.1, -0.05) is 0 Å². The van der Waals surface area contributed by atoms with Crippen molar-refractivity contribution in [2.24, 2.45) is 5.92 Å². The molecule has 1 unspecified atom stereocenters. The van der Waals surface area contributed by atoms with E-state index in [1.807, 2.05) is 22.6 Å². The Labute approximate surface area is 108 Å². The van der Waals surface area contributed by atoms with E-state index in [1.165, 1.54) is 6.07 Å².